The minimum absolute atomic E-state index is 0. The third-order valence-corrected chi connectivity index (χ3v) is 4.35. The first kappa shape index (κ1) is 15.3. The number of halogens is 1. The Bertz CT molecular complexity index is 458. The zero-order valence-electron chi connectivity index (χ0n) is 11.8. The van der Waals surface area contributed by atoms with Crippen molar-refractivity contribution < 1.29 is 4.79 Å². The lowest BCUT2D eigenvalue weighted by atomic mass is 10.0. The number of nitrogens with one attached hydrogen (secondary N) is 1. The van der Waals surface area contributed by atoms with Gasteiger partial charge in [0.1, 0.15) is 0 Å². The second-order valence-corrected chi connectivity index (χ2v) is 5.71. The van der Waals surface area contributed by atoms with Crippen molar-refractivity contribution in [2.75, 3.05) is 18.0 Å². The summed E-state index contributed by atoms with van der Waals surface area (Å²) in [6, 6.07) is 8.27. The van der Waals surface area contributed by atoms with E-state index in [0.29, 0.717) is 11.8 Å². The lowest BCUT2D eigenvalue weighted by Gasteiger charge is -2.24. The summed E-state index contributed by atoms with van der Waals surface area (Å²) >= 11 is 0. The van der Waals surface area contributed by atoms with Crippen LogP contribution in [0.4, 0.5) is 5.69 Å². The van der Waals surface area contributed by atoms with Crippen molar-refractivity contribution in [3.8, 4) is 0 Å². The van der Waals surface area contributed by atoms with Crippen molar-refractivity contribution in [1.82, 2.24) is 5.32 Å². The van der Waals surface area contributed by atoms with Crippen molar-refractivity contribution in [2.45, 2.75) is 38.6 Å². The number of rotatable bonds is 2. The fraction of sp³-hybridized carbons (Fsp3) is 0.562. The second-order valence-electron chi connectivity index (χ2n) is 5.71. The van der Waals surface area contributed by atoms with E-state index in [1.165, 1.54) is 31.2 Å². The maximum atomic E-state index is 12.6. The van der Waals surface area contributed by atoms with Gasteiger partial charge < -0.3 is 10.2 Å². The van der Waals surface area contributed by atoms with Gasteiger partial charge in [0.05, 0.1) is 0 Å². The Labute approximate surface area is 127 Å². The number of anilines is 1. The van der Waals surface area contributed by atoms with Crippen molar-refractivity contribution in [3.05, 3.63) is 29.8 Å². The molecule has 3 rings (SSSR count). The molecule has 1 heterocycles. The minimum atomic E-state index is 0. The van der Waals surface area contributed by atoms with Gasteiger partial charge >= 0.3 is 0 Å². The summed E-state index contributed by atoms with van der Waals surface area (Å²) < 4.78 is 0. The number of benzene rings is 1. The van der Waals surface area contributed by atoms with Crippen LogP contribution in [0.2, 0.25) is 0 Å². The van der Waals surface area contributed by atoms with Gasteiger partial charge in [-0.05, 0) is 30.4 Å². The Balaban J connectivity index is 0.00000147. The van der Waals surface area contributed by atoms with Crippen molar-refractivity contribution in [3.63, 3.8) is 0 Å². The summed E-state index contributed by atoms with van der Waals surface area (Å²) in [7, 11) is 0. The molecule has 1 aliphatic heterocycles. The molecule has 1 aromatic rings. The van der Waals surface area contributed by atoms with Crippen molar-refractivity contribution >= 4 is 24.0 Å². The molecule has 0 aromatic heterocycles. The molecular formula is C16H23ClN2O. The summed E-state index contributed by atoms with van der Waals surface area (Å²) in [6.07, 6.45) is 5.81. The number of hydrogen-bond donors (Lipinski definition) is 1. The molecule has 1 saturated carbocycles. The molecule has 4 heteroatoms. The molecule has 0 spiro atoms. The standard InChI is InChI=1S/C16H22N2O.ClH/c19-16(11-13-5-1-2-6-13)18-10-9-17-12-14-7-3-4-8-15(14)18;/h3-4,7-8,13,17H,1-2,5-6,9-12H2;1H. The monoisotopic (exact) mass is 294 g/mol. The lowest BCUT2D eigenvalue weighted by molar-refractivity contribution is -0.119. The van der Waals surface area contributed by atoms with Crippen LogP contribution >= 0.6 is 12.4 Å². The zero-order valence-corrected chi connectivity index (χ0v) is 12.6. The van der Waals surface area contributed by atoms with Gasteiger partial charge in [0.25, 0.3) is 0 Å². The molecule has 1 N–H and O–H groups in total. The third kappa shape index (κ3) is 3.33. The molecule has 1 aromatic carbocycles. The van der Waals surface area contributed by atoms with Crippen LogP contribution in [0.15, 0.2) is 24.3 Å². The molecule has 0 atom stereocenters. The van der Waals surface area contributed by atoms with Gasteiger partial charge in [-0.3, -0.25) is 4.79 Å². The summed E-state index contributed by atoms with van der Waals surface area (Å²) in [5.74, 6) is 0.930. The van der Waals surface area contributed by atoms with E-state index in [1.807, 2.05) is 17.0 Å². The Morgan fingerprint density at radius 1 is 1.25 bits per heavy atom. The molecule has 3 nitrogen and oxygen atoms in total. The number of carbonyl (C=O) groups is 1. The first-order valence-electron chi connectivity index (χ1n) is 7.43. The van der Waals surface area contributed by atoms with E-state index < -0.39 is 0 Å². The average Bonchev–Trinajstić information content (AvgIpc) is 2.83. The maximum Gasteiger partial charge on any atom is 0.227 e. The normalized spacial score (nSPS) is 19.1. The van der Waals surface area contributed by atoms with Crippen LogP contribution in [0.25, 0.3) is 0 Å². The van der Waals surface area contributed by atoms with Gasteiger partial charge in [0.15, 0.2) is 0 Å². The second kappa shape index (κ2) is 7.09. The fourth-order valence-corrected chi connectivity index (χ4v) is 3.29. The van der Waals surface area contributed by atoms with Crippen LogP contribution in [0.1, 0.15) is 37.7 Å². The number of fused-ring (bicyclic) bond motifs is 1. The Kier molecular flexibility index (Phi) is 5.44. The Morgan fingerprint density at radius 2 is 2.00 bits per heavy atom. The van der Waals surface area contributed by atoms with E-state index in [2.05, 4.69) is 17.4 Å². The summed E-state index contributed by atoms with van der Waals surface area (Å²) in [4.78, 5) is 14.6. The summed E-state index contributed by atoms with van der Waals surface area (Å²) in [6.45, 7) is 2.54. The van der Waals surface area contributed by atoms with Gasteiger partial charge in [0, 0.05) is 31.7 Å². The number of para-hydroxylation sites is 1. The number of nitrogens with zero attached hydrogens (tertiary/aromatic N) is 1. The largest absolute Gasteiger partial charge is 0.311 e. The smallest absolute Gasteiger partial charge is 0.227 e. The van der Waals surface area contributed by atoms with Gasteiger partial charge in [-0.1, -0.05) is 31.0 Å². The molecule has 1 amide bonds. The van der Waals surface area contributed by atoms with Gasteiger partial charge in [-0.2, -0.15) is 0 Å². The van der Waals surface area contributed by atoms with E-state index in [4.69, 9.17) is 0 Å². The van der Waals surface area contributed by atoms with Crippen LogP contribution in [0, 0.1) is 5.92 Å². The molecule has 110 valence electrons. The summed E-state index contributed by atoms with van der Waals surface area (Å²) in [5.41, 5.74) is 2.34. The quantitative estimate of drug-likeness (QED) is 0.909. The highest BCUT2D eigenvalue weighted by Crippen LogP contribution is 2.30. The van der Waals surface area contributed by atoms with E-state index >= 15 is 0 Å². The van der Waals surface area contributed by atoms with Gasteiger partial charge in [-0.25, -0.2) is 0 Å². The first-order valence-corrected chi connectivity index (χ1v) is 7.43. The van der Waals surface area contributed by atoms with Crippen LogP contribution in [0.5, 0.6) is 0 Å². The topological polar surface area (TPSA) is 32.3 Å². The predicted molar refractivity (Wildman–Crippen MR) is 84.3 cm³/mol. The highest BCUT2D eigenvalue weighted by Gasteiger charge is 2.25. The molecule has 0 bridgehead atoms. The van der Waals surface area contributed by atoms with E-state index in [-0.39, 0.29) is 12.4 Å². The van der Waals surface area contributed by atoms with Crippen LogP contribution in [-0.4, -0.2) is 19.0 Å². The van der Waals surface area contributed by atoms with Crippen molar-refractivity contribution in [1.29, 1.82) is 0 Å². The van der Waals surface area contributed by atoms with Crippen LogP contribution < -0.4 is 10.2 Å². The van der Waals surface area contributed by atoms with Crippen LogP contribution in [0.3, 0.4) is 0 Å². The molecule has 0 saturated heterocycles. The van der Waals surface area contributed by atoms with Crippen molar-refractivity contribution in [2.24, 2.45) is 5.92 Å². The average molecular weight is 295 g/mol. The highest BCUT2D eigenvalue weighted by atomic mass is 35.5. The SMILES string of the molecule is Cl.O=C(CC1CCCC1)N1CCNCc2ccccc21. The van der Waals surface area contributed by atoms with E-state index in [9.17, 15) is 4.79 Å². The molecule has 1 aliphatic carbocycles. The van der Waals surface area contributed by atoms with E-state index in [1.54, 1.807) is 0 Å². The molecule has 0 radical (unpaired) electrons. The molecule has 1 fully saturated rings. The molecular weight excluding hydrogens is 272 g/mol. The molecule has 20 heavy (non-hydrogen) atoms. The Hall–Kier alpha value is -1.06. The molecule has 0 unspecified atom stereocenters. The minimum Gasteiger partial charge on any atom is -0.311 e. The molecule has 2 aliphatic rings. The van der Waals surface area contributed by atoms with Gasteiger partial charge in [-0.15, -0.1) is 12.4 Å². The number of amides is 1. The fourth-order valence-electron chi connectivity index (χ4n) is 3.29. The number of hydrogen-bond acceptors (Lipinski definition) is 2. The maximum absolute atomic E-state index is 12.6. The Morgan fingerprint density at radius 3 is 2.80 bits per heavy atom. The zero-order chi connectivity index (χ0) is 13.1. The third-order valence-electron chi connectivity index (χ3n) is 4.35. The number of carbonyl (C=O) groups excluding carboxylic acids is 1. The lowest BCUT2D eigenvalue weighted by Crippen LogP contribution is -2.35. The highest BCUT2D eigenvalue weighted by molar-refractivity contribution is 5.94. The first-order chi connectivity index (χ1) is 9.34. The van der Waals surface area contributed by atoms with E-state index in [0.717, 1.165) is 31.7 Å². The van der Waals surface area contributed by atoms with Gasteiger partial charge in [0.2, 0.25) is 5.91 Å². The predicted octanol–water partition coefficient (Wildman–Crippen LogP) is 3.12. The van der Waals surface area contributed by atoms with Crippen LogP contribution in [-0.2, 0) is 11.3 Å². The summed E-state index contributed by atoms with van der Waals surface area (Å²) in [5, 5.41) is 3.39.